The van der Waals surface area contributed by atoms with Crippen molar-refractivity contribution in [2.24, 2.45) is 5.16 Å². The first-order valence-electron chi connectivity index (χ1n) is 8.13. The van der Waals surface area contributed by atoms with Crippen LogP contribution in [0.3, 0.4) is 0 Å². The van der Waals surface area contributed by atoms with Crippen LogP contribution in [-0.4, -0.2) is 30.8 Å². The largest absolute Gasteiger partial charge is 0.493 e. The number of ether oxygens (including phenoxy) is 1. The van der Waals surface area contributed by atoms with Crippen LogP contribution in [0.2, 0.25) is 0 Å². The predicted octanol–water partition coefficient (Wildman–Crippen LogP) is 4.52. The Morgan fingerprint density at radius 1 is 1.15 bits per heavy atom. The van der Waals surface area contributed by atoms with Crippen LogP contribution in [0.25, 0.3) is 0 Å². The molecular weight excluding hydrogens is 349 g/mol. The minimum absolute atomic E-state index is 0.517. The van der Waals surface area contributed by atoms with E-state index in [0.717, 1.165) is 41.2 Å². The Balaban J connectivity index is 1.86. The molecule has 0 saturated heterocycles. The smallest absolute Gasteiger partial charge is 0.425 e. The molecule has 0 bridgehead atoms. The highest BCUT2D eigenvalue weighted by Gasteiger charge is 2.28. The lowest BCUT2D eigenvalue weighted by Gasteiger charge is -2.12. The average Bonchev–Trinajstić information content (AvgIpc) is 2.94. The van der Waals surface area contributed by atoms with Crippen molar-refractivity contribution < 1.29 is 27.3 Å². The molecule has 0 spiro atoms. The van der Waals surface area contributed by atoms with E-state index in [9.17, 15) is 13.2 Å². The molecule has 5 nitrogen and oxygen atoms in total. The molecule has 0 fully saturated rings. The van der Waals surface area contributed by atoms with Gasteiger partial charge in [0, 0.05) is 12.5 Å². The number of aromatic nitrogens is 1. The lowest BCUT2D eigenvalue weighted by atomic mass is 10.1. The van der Waals surface area contributed by atoms with Crippen LogP contribution in [0, 0.1) is 20.8 Å². The van der Waals surface area contributed by atoms with Gasteiger partial charge in [-0.05, 0) is 56.0 Å². The Morgan fingerprint density at radius 3 is 2.42 bits per heavy atom. The van der Waals surface area contributed by atoms with Gasteiger partial charge in [0.05, 0.1) is 18.5 Å². The second-order valence-corrected chi connectivity index (χ2v) is 5.99. The number of halogens is 3. The van der Waals surface area contributed by atoms with E-state index in [4.69, 9.17) is 9.26 Å². The van der Waals surface area contributed by atoms with Crippen molar-refractivity contribution in [3.63, 3.8) is 0 Å². The van der Waals surface area contributed by atoms with Gasteiger partial charge >= 0.3 is 6.18 Å². The lowest BCUT2D eigenvalue weighted by Crippen LogP contribution is -2.14. The van der Waals surface area contributed by atoms with Crippen molar-refractivity contribution in [2.45, 2.75) is 39.8 Å². The third-order valence-electron chi connectivity index (χ3n) is 3.48. The van der Waals surface area contributed by atoms with Gasteiger partial charge in [-0.15, -0.1) is 0 Å². The number of oxime groups is 1. The van der Waals surface area contributed by atoms with E-state index in [2.05, 4.69) is 15.1 Å². The lowest BCUT2D eigenvalue weighted by molar-refractivity contribution is -0.173. The summed E-state index contributed by atoms with van der Waals surface area (Å²) in [5, 5.41) is 7.18. The van der Waals surface area contributed by atoms with Crippen LogP contribution < -0.4 is 4.74 Å². The van der Waals surface area contributed by atoms with Gasteiger partial charge in [-0.25, -0.2) is 0 Å². The Hall–Kier alpha value is -2.51. The molecule has 142 valence electrons. The molecule has 26 heavy (non-hydrogen) atoms. The van der Waals surface area contributed by atoms with Crippen LogP contribution in [0.5, 0.6) is 5.75 Å². The van der Waals surface area contributed by atoms with Crippen LogP contribution in [0.1, 0.15) is 34.6 Å². The first-order valence-corrected chi connectivity index (χ1v) is 8.13. The van der Waals surface area contributed by atoms with E-state index in [0.29, 0.717) is 12.2 Å². The molecule has 1 aromatic carbocycles. The number of nitrogens with zero attached hydrogens (tertiary/aromatic N) is 2. The maximum atomic E-state index is 12.0. The van der Waals surface area contributed by atoms with Crippen molar-refractivity contribution in [1.82, 2.24) is 5.16 Å². The third kappa shape index (κ3) is 6.42. The van der Waals surface area contributed by atoms with E-state index in [1.54, 1.807) is 12.1 Å². The first-order chi connectivity index (χ1) is 12.2. The zero-order valence-corrected chi connectivity index (χ0v) is 14.9. The van der Waals surface area contributed by atoms with Gasteiger partial charge in [0.2, 0.25) is 6.61 Å². The number of rotatable bonds is 8. The third-order valence-corrected chi connectivity index (χ3v) is 3.48. The van der Waals surface area contributed by atoms with Crippen LogP contribution in [0.15, 0.2) is 27.9 Å². The molecular formula is C18H21F3N2O3. The van der Waals surface area contributed by atoms with Gasteiger partial charge in [0.1, 0.15) is 11.5 Å². The zero-order chi connectivity index (χ0) is 19.2. The number of aryl methyl sites for hydroxylation is 4. The monoisotopic (exact) mass is 370 g/mol. The molecule has 0 radical (unpaired) electrons. The van der Waals surface area contributed by atoms with Crippen molar-refractivity contribution in [2.75, 3.05) is 13.2 Å². The molecule has 2 rings (SSSR count). The summed E-state index contributed by atoms with van der Waals surface area (Å²) in [6.07, 6.45) is -1.63. The maximum Gasteiger partial charge on any atom is 0.425 e. The summed E-state index contributed by atoms with van der Waals surface area (Å²) in [6.45, 7) is 4.72. The molecule has 0 N–H and O–H groups in total. The summed E-state index contributed by atoms with van der Waals surface area (Å²) in [4.78, 5) is 4.23. The fourth-order valence-electron chi connectivity index (χ4n) is 2.45. The molecule has 0 unspecified atom stereocenters. The van der Waals surface area contributed by atoms with E-state index in [-0.39, 0.29) is 0 Å². The normalized spacial score (nSPS) is 11.9. The van der Waals surface area contributed by atoms with Crippen molar-refractivity contribution in [1.29, 1.82) is 0 Å². The van der Waals surface area contributed by atoms with E-state index in [1.165, 1.54) is 6.21 Å². The number of benzene rings is 1. The second kappa shape index (κ2) is 8.73. The van der Waals surface area contributed by atoms with E-state index in [1.807, 2.05) is 26.8 Å². The summed E-state index contributed by atoms with van der Waals surface area (Å²) < 4.78 is 47.0. The summed E-state index contributed by atoms with van der Waals surface area (Å²) in [5.41, 5.74) is 3.24. The number of alkyl halides is 3. The molecule has 0 atom stereocenters. The second-order valence-electron chi connectivity index (χ2n) is 5.99. The van der Waals surface area contributed by atoms with Crippen LogP contribution in [-0.2, 0) is 11.3 Å². The number of hydrogen-bond acceptors (Lipinski definition) is 5. The summed E-state index contributed by atoms with van der Waals surface area (Å²) in [6, 6.07) is 5.46. The minimum Gasteiger partial charge on any atom is -0.493 e. The highest BCUT2D eigenvalue weighted by atomic mass is 19.4. The van der Waals surface area contributed by atoms with Gasteiger partial charge in [-0.3, -0.25) is 0 Å². The highest BCUT2D eigenvalue weighted by molar-refractivity contribution is 5.80. The fraction of sp³-hybridized carbons (Fsp3) is 0.444. The fourth-order valence-corrected chi connectivity index (χ4v) is 2.45. The van der Waals surface area contributed by atoms with E-state index >= 15 is 0 Å². The molecule has 8 heteroatoms. The molecule has 0 aliphatic rings. The van der Waals surface area contributed by atoms with Gasteiger partial charge in [0.15, 0.2) is 0 Å². The standard InChI is InChI=1S/C18H21F3N2O3/c1-12-7-15(10-22-25-11-18(19,20)21)8-13(2)17(12)24-6-4-5-16-9-14(3)23-26-16/h7-10H,4-6,11H2,1-3H3. The maximum absolute atomic E-state index is 12.0. The summed E-state index contributed by atoms with van der Waals surface area (Å²) in [7, 11) is 0. The SMILES string of the molecule is Cc1cc(CCCOc2c(C)cc(C=NOCC(F)(F)F)cc2C)on1. The summed E-state index contributed by atoms with van der Waals surface area (Å²) >= 11 is 0. The minimum atomic E-state index is -4.40. The molecule has 0 aliphatic heterocycles. The quantitative estimate of drug-likeness (QED) is 0.389. The molecule has 1 heterocycles. The van der Waals surface area contributed by atoms with Gasteiger partial charge in [0.25, 0.3) is 0 Å². The molecule has 2 aromatic rings. The molecule has 0 saturated carbocycles. The Labute approximate surface area is 149 Å². The molecule has 0 amide bonds. The number of hydrogen-bond donors (Lipinski definition) is 0. The van der Waals surface area contributed by atoms with Crippen molar-refractivity contribution in [3.05, 3.63) is 46.3 Å². The molecule has 0 aliphatic carbocycles. The highest BCUT2D eigenvalue weighted by Crippen LogP contribution is 2.24. The Morgan fingerprint density at radius 2 is 1.85 bits per heavy atom. The van der Waals surface area contributed by atoms with E-state index < -0.39 is 12.8 Å². The first kappa shape index (κ1) is 19.8. The van der Waals surface area contributed by atoms with Crippen molar-refractivity contribution >= 4 is 6.21 Å². The Kier molecular flexibility index (Phi) is 6.65. The summed E-state index contributed by atoms with van der Waals surface area (Å²) in [5.74, 6) is 1.58. The topological polar surface area (TPSA) is 56.9 Å². The Bertz CT molecular complexity index is 731. The van der Waals surface area contributed by atoms with Crippen molar-refractivity contribution in [3.8, 4) is 5.75 Å². The van der Waals surface area contributed by atoms with Gasteiger partial charge in [-0.1, -0.05) is 10.3 Å². The van der Waals surface area contributed by atoms with Crippen LogP contribution >= 0.6 is 0 Å². The molecule has 1 aromatic heterocycles. The zero-order valence-electron chi connectivity index (χ0n) is 14.9. The predicted molar refractivity (Wildman–Crippen MR) is 90.6 cm³/mol. The average molecular weight is 370 g/mol. The van der Waals surface area contributed by atoms with Crippen LogP contribution in [0.4, 0.5) is 13.2 Å². The van der Waals surface area contributed by atoms with Gasteiger partial charge < -0.3 is 14.1 Å². The van der Waals surface area contributed by atoms with Gasteiger partial charge in [-0.2, -0.15) is 13.2 Å².